The molecule has 0 fully saturated rings. The first-order valence-electron chi connectivity index (χ1n) is 6.85. The third kappa shape index (κ3) is 5.74. The van der Waals surface area contributed by atoms with Gasteiger partial charge in [0, 0.05) is 6.04 Å². The maximum absolute atomic E-state index is 11.9. The molecule has 0 saturated carbocycles. The van der Waals surface area contributed by atoms with E-state index in [1.165, 1.54) is 11.8 Å². The molecule has 0 radical (unpaired) electrons. The van der Waals surface area contributed by atoms with Gasteiger partial charge < -0.3 is 15.0 Å². The van der Waals surface area contributed by atoms with Crippen LogP contribution in [-0.2, 0) is 9.59 Å². The molecular weight excluding hydrogens is 292 g/mol. The quantitative estimate of drug-likeness (QED) is 0.707. The van der Waals surface area contributed by atoms with Crippen LogP contribution in [0, 0.1) is 5.92 Å². The van der Waals surface area contributed by atoms with Gasteiger partial charge in [0.05, 0.1) is 5.75 Å². The number of hydrogen-bond donors (Lipinski definition) is 2. The summed E-state index contributed by atoms with van der Waals surface area (Å²) in [4.78, 5) is 23.0. The Hall–Kier alpha value is -1.57. The highest BCUT2D eigenvalue weighted by Gasteiger charge is 2.21. The number of carboxylic acids is 1. The highest BCUT2D eigenvalue weighted by Crippen LogP contribution is 2.18. The Morgan fingerprint density at radius 3 is 2.57 bits per heavy atom. The summed E-state index contributed by atoms with van der Waals surface area (Å²) in [5.74, 6) is -1.00. The number of aliphatic carboxylic acids is 1. The second-order valence-corrected chi connectivity index (χ2v) is 6.43. The average molecular weight is 314 g/mol. The molecule has 0 aliphatic carbocycles. The lowest BCUT2D eigenvalue weighted by Crippen LogP contribution is -2.42. The summed E-state index contributed by atoms with van der Waals surface area (Å²) in [6.45, 7) is 7.83. The lowest BCUT2D eigenvalue weighted by Gasteiger charge is -2.16. The molecule has 0 aromatic carbocycles. The highest BCUT2D eigenvalue weighted by atomic mass is 32.2. The van der Waals surface area contributed by atoms with Crippen LogP contribution in [0.15, 0.2) is 11.5 Å². The second-order valence-electron chi connectivity index (χ2n) is 5.49. The Labute approximate surface area is 128 Å². The molecule has 0 saturated heterocycles. The summed E-state index contributed by atoms with van der Waals surface area (Å²) in [5.41, 5.74) is 0. The van der Waals surface area contributed by atoms with E-state index in [9.17, 15) is 9.59 Å². The number of thioether (sulfide) groups is 1. The molecule has 1 amide bonds. The summed E-state index contributed by atoms with van der Waals surface area (Å²) in [6.07, 6.45) is 2.03. The van der Waals surface area contributed by atoms with Crippen molar-refractivity contribution in [2.75, 3.05) is 5.75 Å². The van der Waals surface area contributed by atoms with Gasteiger partial charge >= 0.3 is 5.97 Å². The number of carboxylic acid groups (broad SMARTS) is 1. The number of carbonyl (C=O) groups is 2. The van der Waals surface area contributed by atoms with Crippen LogP contribution in [0.4, 0.5) is 0 Å². The first-order chi connectivity index (χ1) is 9.81. The molecule has 1 atom stereocenters. The van der Waals surface area contributed by atoms with Crippen molar-refractivity contribution < 1.29 is 14.7 Å². The van der Waals surface area contributed by atoms with Crippen LogP contribution in [0.2, 0.25) is 0 Å². The zero-order valence-corrected chi connectivity index (χ0v) is 13.6. The Morgan fingerprint density at radius 1 is 1.38 bits per heavy atom. The van der Waals surface area contributed by atoms with E-state index in [-0.39, 0.29) is 23.6 Å². The Bertz CT molecular complexity index is 488. The Balaban J connectivity index is 2.53. The molecule has 21 heavy (non-hydrogen) atoms. The predicted octanol–water partition coefficient (Wildman–Crippen LogP) is 1.57. The third-order valence-corrected chi connectivity index (χ3v) is 3.73. The van der Waals surface area contributed by atoms with Crippen LogP contribution in [0.3, 0.4) is 0 Å². The zero-order chi connectivity index (χ0) is 16.0. The monoisotopic (exact) mass is 314 g/mol. The average Bonchev–Trinajstić information content (AvgIpc) is 2.83. The molecule has 1 heterocycles. The van der Waals surface area contributed by atoms with Crippen molar-refractivity contribution in [2.24, 2.45) is 5.92 Å². The fourth-order valence-corrected chi connectivity index (χ4v) is 2.60. The van der Waals surface area contributed by atoms with Crippen molar-refractivity contribution >= 4 is 23.6 Å². The molecule has 1 rings (SSSR count). The fourth-order valence-electron chi connectivity index (χ4n) is 1.75. The minimum absolute atomic E-state index is 0.118. The molecule has 1 aromatic heterocycles. The van der Waals surface area contributed by atoms with E-state index in [0.717, 1.165) is 0 Å². The number of nitrogens with one attached hydrogen (secondary N) is 1. The van der Waals surface area contributed by atoms with Gasteiger partial charge in [-0.05, 0) is 26.2 Å². The first kappa shape index (κ1) is 17.5. The van der Waals surface area contributed by atoms with Crippen molar-refractivity contribution in [3.05, 3.63) is 6.33 Å². The van der Waals surface area contributed by atoms with E-state index in [1.807, 2.05) is 32.3 Å². The van der Waals surface area contributed by atoms with E-state index in [1.54, 1.807) is 6.33 Å². The molecule has 7 nitrogen and oxygen atoms in total. The number of rotatable bonds is 8. The molecule has 8 heteroatoms. The molecule has 0 bridgehead atoms. The van der Waals surface area contributed by atoms with Crippen LogP contribution >= 0.6 is 11.8 Å². The van der Waals surface area contributed by atoms with E-state index in [2.05, 4.69) is 15.5 Å². The molecule has 2 N–H and O–H groups in total. The smallest absolute Gasteiger partial charge is 0.326 e. The minimum atomic E-state index is -1.01. The van der Waals surface area contributed by atoms with E-state index < -0.39 is 12.0 Å². The van der Waals surface area contributed by atoms with Crippen molar-refractivity contribution in [1.29, 1.82) is 0 Å². The topological polar surface area (TPSA) is 97.1 Å². The van der Waals surface area contributed by atoms with Gasteiger partial charge in [0.1, 0.15) is 12.4 Å². The van der Waals surface area contributed by atoms with Gasteiger partial charge in [-0.3, -0.25) is 4.79 Å². The van der Waals surface area contributed by atoms with Gasteiger partial charge in [0.25, 0.3) is 0 Å². The van der Waals surface area contributed by atoms with Crippen LogP contribution in [0.25, 0.3) is 0 Å². The fraction of sp³-hybridized carbons (Fsp3) is 0.692. The van der Waals surface area contributed by atoms with Gasteiger partial charge in [-0.2, -0.15) is 0 Å². The zero-order valence-electron chi connectivity index (χ0n) is 12.7. The van der Waals surface area contributed by atoms with Crippen molar-refractivity contribution in [2.45, 2.75) is 51.4 Å². The number of aromatic nitrogens is 3. The van der Waals surface area contributed by atoms with Gasteiger partial charge in [0.15, 0.2) is 5.16 Å². The van der Waals surface area contributed by atoms with E-state index in [0.29, 0.717) is 11.6 Å². The number of hydrogen-bond acceptors (Lipinski definition) is 5. The SMILES string of the molecule is CC(C)C[C@@H](NC(=O)CSc1nncn1C(C)C)C(=O)O. The lowest BCUT2D eigenvalue weighted by molar-refractivity contribution is -0.141. The van der Waals surface area contributed by atoms with Gasteiger partial charge in [0.2, 0.25) is 5.91 Å². The molecule has 118 valence electrons. The summed E-state index contributed by atoms with van der Waals surface area (Å²) in [5, 5.41) is 20.1. The summed E-state index contributed by atoms with van der Waals surface area (Å²) >= 11 is 1.25. The molecule has 0 aliphatic rings. The minimum Gasteiger partial charge on any atom is -0.480 e. The molecule has 1 aromatic rings. The van der Waals surface area contributed by atoms with Gasteiger partial charge in [-0.25, -0.2) is 4.79 Å². The molecule has 0 spiro atoms. The number of amides is 1. The normalized spacial score (nSPS) is 12.7. The van der Waals surface area contributed by atoms with Crippen molar-refractivity contribution in [3.63, 3.8) is 0 Å². The highest BCUT2D eigenvalue weighted by molar-refractivity contribution is 7.99. The van der Waals surface area contributed by atoms with Crippen molar-refractivity contribution in [1.82, 2.24) is 20.1 Å². The van der Waals surface area contributed by atoms with Gasteiger partial charge in [-0.1, -0.05) is 25.6 Å². The largest absolute Gasteiger partial charge is 0.480 e. The van der Waals surface area contributed by atoms with Gasteiger partial charge in [-0.15, -0.1) is 10.2 Å². The van der Waals surface area contributed by atoms with Crippen LogP contribution in [-0.4, -0.2) is 43.5 Å². The second kappa shape index (κ2) is 8.02. The van der Waals surface area contributed by atoms with E-state index in [4.69, 9.17) is 5.11 Å². The summed E-state index contributed by atoms with van der Waals surface area (Å²) in [7, 11) is 0. The first-order valence-corrected chi connectivity index (χ1v) is 7.84. The lowest BCUT2D eigenvalue weighted by atomic mass is 10.0. The summed E-state index contributed by atoms with van der Waals surface area (Å²) < 4.78 is 1.86. The maximum atomic E-state index is 11.9. The van der Waals surface area contributed by atoms with Crippen LogP contribution < -0.4 is 5.32 Å². The molecular formula is C13H22N4O3S. The molecule has 0 aliphatic heterocycles. The Kier molecular flexibility index (Phi) is 6.67. The van der Waals surface area contributed by atoms with E-state index >= 15 is 0 Å². The standard InChI is InChI=1S/C13H22N4O3S/c1-8(2)5-10(12(19)20)15-11(18)6-21-13-16-14-7-17(13)9(3)4/h7-10H,5-6H2,1-4H3,(H,15,18)(H,19,20)/t10-/m1/s1. The third-order valence-electron chi connectivity index (χ3n) is 2.77. The predicted molar refractivity (Wildman–Crippen MR) is 80.2 cm³/mol. The number of nitrogens with zero attached hydrogens (tertiary/aromatic N) is 3. The van der Waals surface area contributed by atoms with Crippen LogP contribution in [0.1, 0.15) is 40.2 Å². The number of carbonyl (C=O) groups excluding carboxylic acids is 1. The van der Waals surface area contributed by atoms with Crippen molar-refractivity contribution in [3.8, 4) is 0 Å². The van der Waals surface area contributed by atoms with Crippen LogP contribution in [0.5, 0.6) is 0 Å². The Morgan fingerprint density at radius 2 is 2.05 bits per heavy atom. The maximum Gasteiger partial charge on any atom is 0.326 e. The summed E-state index contributed by atoms with van der Waals surface area (Å²) in [6, 6.07) is -0.640. The molecule has 0 unspecified atom stereocenters.